The van der Waals surface area contributed by atoms with E-state index in [4.69, 9.17) is 33.5 Å². The third kappa shape index (κ3) is 11.4. The average molecular weight is 515 g/mol. The average Bonchev–Trinajstić information content (AvgIpc) is 2.93. The van der Waals surface area contributed by atoms with E-state index >= 15 is 0 Å². The summed E-state index contributed by atoms with van der Waals surface area (Å²) in [4.78, 5) is 0. The first-order chi connectivity index (χ1) is 18.4. The Labute approximate surface area is 220 Å². The number of hydrogen-bond acceptors (Lipinski definition) is 7. The van der Waals surface area contributed by atoms with Crippen molar-refractivity contribution in [3.8, 4) is 0 Å². The van der Waals surface area contributed by atoms with Crippen LogP contribution in [0.3, 0.4) is 0 Å². The van der Waals surface area contributed by atoms with E-state index < -0.39 is 0 Å². The van der Waals surface area contributed by atoms with Gasteiger partial charge in [0.2, 0.25) is 0 Å². The zero-order valence-corrected chi connectivity index (χ0v) is 21.9. The third-order valence-electron chi connectivity index (χ3n) is 5.94. The molecule has 0 spiro atoms. The number of ether oxygens (including phenoxy) is 6. The molecule has 7 nitrogen and oxygen atoms in total. The fourth-order valence-corrected chi connectivity index (χ4v) is 4.15. The SMILES string of the molecule is OCCOCCOCCOCCOCCOCCOCCCCc1c2ccccc2cc2ccccc12. The molecule has 0 radical (unpaired) electrons. The summed E-state index contributed by atoms with van der Waals surface area (Å²) >= 11 is 0. The fraction of sp³-hybridized carbons (Fsp3) is 0.533. The van der Waals surface area contributed by atoms with E-state index in [1.165, 1.54) is 27.1 Å². The van der Waals surface area contributed by atoms with Crippen molar-refractivity contribution in [2.45, 2.75) is 19.3 Å². The fourth-order valence-electron chi connectivity index (χ4n) is 4.15. The lowest BCUT2D eigenvalue weighted by molar-refractivity contribution is -0.0182. The molecule has 0 aliphatic rings. The quantitative estimate of drug-likeness (QED) is 0.157. The number of aryl methyl sites for hydroxylation is 1. The zero-order chi connectivity index (χ0) is 25.8. The molecule has 0 aliphatic heterocycles. The van der Waals surface area contributed by atoms with Gasteiger partial charge in [0.15, 0.2) is 0 Å². The van der Waals surface area contributed by atoms with E-state index in [0.717, 1.165) is 25.9 Å². The number of hydrogen-bond donors (Lipinski definition) is 1. The van der Waals surface area contributed by atoms with E-state index in [1.807, 2.05) is 0 Å². The van der Waals surface area contributed by atoms with Crippen molar-refractivity contribution in [3.05, 3.63) is 60.2 Å². The Morgan fingerprint density at radius 1 is 0.459 bits per heavy atom. The highest BCUT2D eigenvalue weighted by molar-refractivity contribution is 6.02. The molecule has 0 fully saturated rings. The molecule has 0 saturated carbocycles. The molecular weight excluding hydrogens is 472 g/mol. The Bertz CT molecular complexity index is 940. The molecule has 3 aromatic rings. The summed E-state index contributed by atoms with van der Waals surface area (Å²) in [6, 6.07) is 19.6. The van der Waals surface area contributed by atoms with Crippen LogP contribution in [0.5, 0.6) is 0 Å². The molecule has 0 amide bonds. The largest absolute Gasteiger partial charge is 0.394 e. The van der Waals surface area contributed by atoms with Gasteiger partial charge in [0.1, 0.15) is 0 Å². The van der Waals surface area contributed by atoms with E-state index in [0.29, 0.717) is 72.7 Å². The van der Waals surface area contributed by atoms with Crippen molar-refractivity contribution in [1.82, 2.24) is 0 Å². The van der Waals surface area contributed by atoms with Crippen molar-refractivity contribution in [1.29, 1.82) is 0 Å². The predicted octanol–water partition coefficient (Wildman–Crippen LogP) is 4.41. The molecule has 0 aliphatic carbocycles. The first-order valence-corrected chi connectivity index (χ1v) is 13.4. The van der Waals surface area contributed by atoms with E-state index in [2.05, 4.69) is 54.6 Å². The van der Waals surface area contributed by atoms with E-state index in [1.54, 1.807) is 0 Å². The van der Waals surface area contributed by atoms with Gasteiger partial charge in [-0.25, -0.2) is 0 Å². The Morgan fingerprint density at radius 3 is 1.32 bits per heavy atom. The maximum absolute atomic E-state index is 8.58. The summed E-state index contributed by atoms with van der Waals surface area (Å²) in [6.45, 7) is 6.50. The van der Waals surface area contributed by atoms with Crippen LogP contribution in [0.25, 0.3) is 21.5 Å². The second-order valence-corrected chi connectivity index (χ2v) is 8.65. The maximum atomic E-state index is 8.58. The normalized spacial score (nSPS) is 11.6. The van der Waals surface area contributed by atoms with Gasteiger partial charge >= 0.3 is 0 Å². The molecule has 0 bridgehead atoms. The Kier molecular flexibility index (Phi) is 15.2. The standard InChI is InChI=1S/C30H42O7/c31-12-14-33-16-18-35-20-22-37-24-23-36-21-19-34-17-15-32-13-6-5-11-30-28-9-3-1-7-26(28)25-27-8-2-4-10-29(27)30/h1-4,7-10,25,31H,5-6,11-24H2. The molecule has 0 saturated heterocycles. The Balaban J connectivity index is 1.13. The van der Waals surface area contributed by atoms with Crippen LogP contribution in [0, 0.1) is 0 Å². The van der Waals surface area contributed by atoms with Gasteiger partial charge in [-0.15, -0.1) is 0 Å². The minimum absolute atomic E-state index is 0.0355. The van der Waals surface area contributed by atoms with Crippen LogP contribution in [-0.2, 0) is 34.8 Å². The van der Waals surface area contributed by atoms with Crippen molar-refractivity contribution >= 4 is 21.5 Å². The molecule has 204 valence electrons. The molecule has 7 heteroatoms. The monoisotopic (exact) mass is 514 g/mol. The minimum Gasteiger partial charge on any atom is -0.394 e. The van der Waals surface area contributed by atoms with E-state index in [9.17, 15) is 0 Å². The molecule has 0 unspecified atom stereocenters. The molecule has 3 rings (SSSR count). The lowest BCUT2D eigenvalue weighted by Crippen LogP contribution is -2.14. The zero-order valence-electron chi connectivity index (χ0n) is 21.9. The number of unbranched alkanes of at least 4 members (excludes halogenated alkanes) is 1. The Hall–Kier alpha value is -2.10. The maximum Gasteiger partial charge on any atom is 0.0701 e. The summed E-state index contributed by atoms with van der Waals surface area (Å²) in [6.07, 6.45) is 3.18. The first kappa shape index (κ1) is 29.5. The number of benzene rings is 3. The van der Waals surface area contributed by atoms with Crippen LogP contribution in [0.2, 0.25) is 0 Å². The number of aliphatic hydroxyl groups excluding tert-OH is 1. The van der Waals surface area contributed by atoms with Gasteiger partial charge in [-0.05, 0) is 52.4 Å². The number of aliphatic hydroxyl groups is 1. The Morgan fingerprint density at radius 2 is 0.865 bits per heavy atom. The van der Waals surface area contributed by atoms with Gasteiger partial charge in [-0.2, -0.15) is 0 Å². The summed E-state index contributed by atoms with van der Waals surface area (Å²) in [5.74, 6) is 0. The molecule has 1 N–H and O–H groups in total. The van der Waals surface area contributed by atoms with Gasteiger partial charge in [0, 0.05) is 6.61 Å². The molecular formula is C30H42O7. The summed E-state index contributed by atoms with van der Waals surface area (Å²) in [5, 5.41) is 13.9. The second-order valence-electron chi connectivity index (χ2n) is 8.65. The molecule has 0 atom stereocenters. The lowest BCUT2D eigenvalue weighted by atomic mass is 9.93. The number of fused-ring (bicyclic) bond motifs is 2. The first-order valence-electron chi connectivity index (χ1n) is 13.4. The highest BCUT2D eigenvalue weighted by Gasteiger charge is 2.07. The second kappa shape index (κ2) is 19.0. The van der Waals surface area contributed by atoms with Crippen LogP contribution in [0.15, 0.2) is 54.6 Å². The van der Waals surface area contributed by atoms with Gasteiger partial charge in [-0.1, -0.05) is 48.5 Å². The van der Waals surface area contributed by atoms with Crippen molar-refractivity contribution in [2.24, 2.45) is 0 Å². The van der Waals surface area contributed by atoms with Gasteiger partial charge in [0.05, 0.1) is 79.3 Å². The van der Waals surface area contributed by atoms with Crippen molar-refractivity contribution in [2.75, 3.05) is 85.9 Å². The summed E-state index contributed by atoms with van der Waals surface area (Å²) in [5.41, 5.74) is 1.44. The van der Waals surface area contributed by atoms with Crippen LogP contribution in [-0.4, -0.2) is 91.0 Å². The van der Waals surface area contributed by atoms with Crippen LogP contribution in [0.1, 0.15) is 18.4 Å². The molecule has 0 aromatic heterocycles. The summed E-state index contributed by atoms with van der Waals surface area (Å²) < 4.78 is 32.7. The molecule has 37 heavy (non-hydrogen) atoms. The smallest absolute Gasteiger partial charge is 0.0701 e. The van der Waals surface area contributed by atoms with Crippen molar-refractivity contribution in [3.63, 3.8) is 0 Å². The third-order valence-corrected chi connectivity index (χ3v) is 5.94. The van der Waals surface area contributed by atoms with Crippen LogP contribution >= 0.6 is 0 Å². The van der Waals surface area contributed by atoms with Crippen LogP contribution in [0.4, 0.5) is 0 Å². The topological polar surface area (TPSA) is 75.6 Å². The highest BCUT2D eigenvalue weighted by atomic mass is 16.6. The van der Waals surface area contributed by atoms with Crippen LogP contribution < -0.4 is 0 Å². The van der Waals surface area contributed by atoms with Crippen molar-refractivity contribution < 1.29 is 33.5 Å². The highest BCUT2D eigenvalue weighted by Crippen LogP contribution is 2.29. The van der Waals surface area contributed by atoms with Gasteiger partial charge < -0.3 is 33.5 Å². The molecule has 0 heterocycles. The number of rotatable bonds is 22. The lowest BCUT2D eigenvalue weighted by Gasteiger charge is -2.12. The molecule has 3 aromatic carbocycles. The summed E-state index contributed by atoms with van der Waals surface area (Å²) in [7, 11) is 0. The predicted molar refractivity (Wildman–Crippen MR) is 146 cm³/mol. The minimum atomic E-state index is 0.0355. The van der Waals surface area contributed by atoms with Gasteiger partial charge in [-0.3, -0.25) is 0 Å². The van der Waals surface area contributed by atoms with E-state index in [-0.39, 0.29) is 6.61 Å². The van der Waals surface area contributed by atoms with Gasteiger partial charge in [0.25, 0.3) is 0 Å².